The molecule has 0 bridgehead atoms. The van der Waals surface area contributed by atoms with Crippen LogP contribution < -0.4 is 19.7 Å². The van der Waals surface area contributed by atoms with E-state index in [4.69, 9.17) is 9.47 Å². The van der Waals surface area contributed by atoms with Gasteiger partial charge in [0, 0.05) is 17.8 Å². The summed E-state index contributed by atoms with van der Waals surface area (Å²) < 4.78 is 53.1. The second-order valence-electron chi connectivity index (χ2n) is 8.41. The molecule has 0 fully saturated rings. The topological polar surface area (TPSA) is 77.1 Å². The van der Waals surface area contributed by atoms with Crippen molar-refractivity contribution < 1.29 is 37.0 Å². The minimum Gasteiger partial charge on any atom is -0.497 e. The Morgan fingerprint density at radius 3 is 2.42 bits per heavy atom. The molecule has 7 nitrogen and oxygen atoms in total. The molecule has 0 saturated carbocycles. The smallest absolute Gasteiger partial charge is 0.497 e. The zero-order chi connectivity index (χ0) is 24.4. The number of benzene rings is 2. The van der Waals surface area contributed by atoms with Gasteiger partial charge in [-0.3, -0.25) is 4.79 Å². The number of fused-ring (bicyclic) bond motifs is 1. The van der Waals surface area contributed by atoms with E-state index in [-0.39, 0.29) is 12.1 Å². The molecule has 0 aliphatic carbocycles. The number of alkyl carbamates (subject to hydrolysis) is 1. The van der Waals surface area contributed by atoms with Gasteiger partial charge in [0.05, 0.1) is 18.7 Å². The summed E-state index contributed by atoms with van der Waals surface area (Å²) in [7, 11) is 1.48. The zero-order valence-electron chi connectivity index (χ0n) is 18.7. The van der Waals surface area contributed by atoms with Crippen LogP contribution in [0.1, 0.15) is 49.2 Å². The summed E-state index contributed by atoms with van der Waals surface area (Å²) >= 11 is 0. The molecule has 1 unspecified atom stereocenters. The molecule has 0 spiro atoms. The minimum atomic E-state index is -4.94. The van der Waals surface area contributed by atoms with E-state index in [0.29, 0.717) is 23.4 Å². The van der Waals surface area contributed by atoms with E-state index in [1.54, 1.807) is 39.0 Å². The lowest BCUT2D eigenvalue weighted by atomic mass is 9.95. The van der Waals surface area contributed by atoms with E-state index in [0.717, 1.165) is 6.07 Å². The van der Waals surface area contributed by atoms with Gasteiger partial charge in [-0.05, 0) is 57.5 Å². The number of methoxy groups -OCH3 is 1. The minimum absolute atomic E-state index is 0.152. The first-order valence-corrected chi connectivity index (χ1v) is 10.2. The van der Waals surface area contributed by atoms with Crippen LogP contribution in [-0.4, -0.2) is 37.6 Å². The SMILES string of the molecule is COc1ccc2c(c1)C(NC(=O)OC(C)(C)C)CCN2C(=O)c1ccccc1OC(F)(F)F. The molecular weight excluding hydrogens is 441 g/mol. The summed E-state index contributed by atoms with van der Waals surface area (Å²) in [5.41, 5.74) is 0.0965. The monoisotopic (exact) mass is 466 g/mol. The molecule has 0 radical (unpaired) electrons. The van der Waals surface area contributed by atoms with Crippen molar-refractivity contribution in [3.05, 3.63) is 53.6 Å². The quantitative estimate of drug-likeness (QED) is 0.670. The van der Waals surface area contributed by atoms with E-state index in [9.17, 15) is 22.8 Å². The highest BCUT2D eigenvalue weighted by molar-refractivity contribution is 6.08. The highest BCUT2D eigenvalue weighted by Crippen LogP contribution is 2.38. The third-order valence-electron chi connectivity index (χ3n) is 4.82. The van der Waals surface area contributed by atoms with Gasteiger partial charge < -0.3 is 24.4 Å². The first kappa shape index (κ1) is 24.2. The zero-order valence-corrected chi connectivity index (χ0v) is 18.7. The van der Waals surface area contributed by atoms with Crippen molar-refractivity contribution in [3.63, 3.8) is 0 Å². The molecular formula is C23H25F3N2O5. The second kappa shape index (κ2) is 9.21. The fraction of sp³-hybridized carbons (Fsp3) is 0.391. The number of nitrogens with one attached hydrogen (secondary N) is 1. The van der Waals surface area contributed by atoms with Gasteiger partial charge in [0.15, 0.2) is 0 Å². The number of rotatable bonds is 4. The van der Waals surface area contributed by atoms with Crippen LogP contribution >= 0.6 is 0 Å². The summed E-state index contributed by atoms with van der Waals surface area (Å²) in [5, 5.41) is 2.80. The molecule has 33 heavy (non-hydrogen) atoms. The number of hydrogen-bond donors (Lipinski definition) is 1. The highest BCUT2D eigenvalue weighted by Gasteiger charge is 2.36. The number of hydrogen-bond acceptors (Lipinski definition) is 5. The summed E-state index contributed by atoms with van der Waals surface area (Å²) in [5.74, 6) is -0.740. The Bertz CT molecular complexity index is 1030. The average Bonchev–Trinajstić information content (AvgIpc) is 2.71. The van der Waals surface area contributed by atoms with Crippen LogP contribution in [0.3, 0.4) is 0 Å². The maximum Gasteiger partial charge on any atom is 0.573 e. The Morgan fingerprint density at radius 2 is 1.79 bits per heavy atom. The Labute approximate surface area is 189 Å². The van der Waals surface area contributed by atoms with Crippen LogP contribution in [0.5, 0.6) is 11.5 Å². The van der Waals surface area contributed by atoms with Gasteiger partial charge >= 0.3 is 12.5 Å². The van der Waals surface area contributed by atoms with Gasteiger partial charge in [0.25, 0.3) is 5.91 Å². The van der Waals surface area contributed by atoms with Crippen molar-refractivity contribution in [3.8, 4) is 11.5 Å². The number of ether oxygens (including phenoxy) is 3. The summed E-state index contributed by atoms with van der Waals surface area (Å²) in [6.45, 7) is 5.38. The van der Waals surface area contributed by atoms with Crippen LogP contribution in [0.2, 0.25) is 0 Å². The molecule has 1 aliphatic heterocycles. The molecule has 0 saturated heterocycles. The predicted molar refractivity (Wildman–Crippen MR) is 115 cm³/mol. The van der Waals surface area contributed by atoms with Gasteiger partial charge in [0.1, 0.15) is 17.1 Å². The van der Waals surface area contributed by atoms with Crippen molar-refractivity contribution in [2.24, 2.45) is 0 Å². The van der Waals surface area contributed by atoms with Crippen LogP contribution in [0, 0.1) is 0 Å². The molecule has 10 heteroatoms. The number of para-hydroxylation sites is 1. The normalized spacial score (nSPS) is 16.0. The van der Waals surface area contributed by atoms with E-state index < -0.39 is 35.8 Å². The maximum atomic E-state index is 13.3. The van der Waals surface area contributed by atoms with Gasteiger partial charge in [-0.15, -0.1) is 13.2 Å². The lowest BCUT2D eigenvalue weighted by Gasteiger charge is -2.35. The molecule has 1 N–H and O–H groups in total. The Kier molecular flexibility index (Phi) is 6.76. The Morgan fingerprint density at radius 1 is 1.09 bits per heavy atom. The van der Waals surface area contributed by atoms with Crippen LogP contribution in [0.25, 0.3) is 0 Å². The lowest BCUT2D eigenvalue weighted by Crippen LogP contribution is -2.42. The third-order valence-corrected chi connectivity index (χ3v) is 4.82. The third kappa shape index (κ3) is 6.09. The van der Waals surface area contributed by atoms with Crippen LogP contribution in [0.15, 0.2) is 42.5 Å². The van der Waals surface area contributed by atoms with Gasteiger partial charge in [-0.25, -0.2) is 4.79 Å². The fourth-order valence-corrected chi connectivity index (χ4v) is 3.53. The molecule has 0 aromatic heterocycles. The van der Waals surface area contributed by atoms with Crippen LogP contribution in [-0.2, 0) is 4.74 Å². The largest absolute Gasteiger partial charge is 0.573 e. The maximum absolute atomic E-state index is 13.3. The van der Waals surface area contributed by atoms with Crippen molar-refractivity contribution in [1.82, 2.24) is 5.32 Å². The Hall–Kier alpha value is -3.43. The average molecular weight is 466 g/mol. The summed E-state index contributed by atoms with van der Waals surface area (Å²) in [6.07, 6.45) is -5.25. The predicted octanol–water partition coefficient (Wildman–Crippen LogP) is 5.21. The molecule has 2 aromatic carbocycles. The van der Waals surface area contributed by atoms with E-state index in [1.807, 2.05) is 0 Å². The van der Waals surface area contributed by atoms with Crippen molar-refractivity contribution in [1.29, 1.82) is 0 Å². The first-order chi connectivity index (χ1) is 15.4. The van der Waals surface area contributed by atoms with E-state index in [2.05, 4.69) is 10.1 Å². The lowest BCUT2D eigenvalue weighted by molar-refractivity contribution is -0.274. The number of anilines is 1. The number of alkyl halides is 3. The molecule has 1 atom stereocenters. The molecule has 1 aliphatic rings. The number of halogens is 3. The number of carbonyl (C=O) groups excluding carboxylic acids is 2. The number of nitrogens with zero attached hydrogens (tertiary/aromatic N) is 1. The highest BCUT2D eigenvalue weighted by atomic mass is 19.4. The van der Waals surface area contributed by atoms with Gasteiger partial charge in [-0.2, -0.15) is 0 Å². The first-order valence-electron chi connectivity index (χ1n) is 10.2. The molecule has 1 heterocycles. The van der Waals surface area contributed by atoms with Crippen molar-refractivity contribution in [2.75, 3.05) is 18.6 Å². The molecule has 3 rings (SSSR count). The van der Waals surface area contributed by atoms with Crippen molar-refractivity contribution in [2.45, 2.75) is 45.2 Å². The standard InChI is InChI=1S/C23H25F3N2O5/c1-22(2,3)33-21(30)27-17-11-12-28(18-10-9-14(31-4)13-16(17)18)20(29)15-7-5-6-8-19(15)32-23(24,25)26/h5-10,13,17H,11-12H2,1-4H3,(H,27,30). The molecule has 2 aromatic rings. The fourth-order valence-electron chi connectivity index (χ4n) is 3.53. The molecule has 178 valence electrons. The van der Waals surface area contributed by atoms with E-state index in [1.165, 1.54) is 30.2 Å². The number of carbonyl (C=O) groups is 2. The van der Waals surface area contributed by atoms with Gasteiger partial charge in [0.2, 0.25) is 0 Å². The van der Waals surface area contributed by atoms with E-state index >= 15 is 0 Å². The van der Waals surface area contributed by atoms with Gasteiger partial charge in [-0.1, -0.05) is 12.1 Å². The Balaban J connectivity index is 1.94. The van der Waals surface area contributed by atoms with Crippen LogP contribution in [0.4, 0.5) is 23.7 Å². The summed E-state index contributed by atoms with van der Waals surface area (Å²) in [4.78, 5) is 27.0. The molecule has 2 amide bonds. The van der Waals surface area contributed by atoms with Crippen molar-refractivity contribution >= 4 is 17.7 Å². The second-order valence-corrected chi connectivity index (χ2v) is 8.41. The summed E-state index contributed by atoms with van der Waals surface area (Å²) in [6, 6.07) is 9.63. The number of amides is 2.